The fourth-order valence-electron chi connectivity index (χ4n) is 1.79. The average molecular weight is 328 g/mol. The molecule has 0 heterocycles. The molecule has 1 aromatic carbocycles. The minimum absolute atomic E-state index is 0.00950. The van der Waals surface area contributed by atoms with Gasteiger partial charge in [-0.15, -0.1) is 0 Å². The number of hydrogen-bond acceptors (Lipinski definition) is 3. The molecule has 6 heteroatoms. The largest absolute Gasteiger partial charge is 0.378 e. The molecule has 0 saturated heterocycles. The standard InChI is InChI=1S/C18H16F2N3O/c1-4-6-17(18(19,20)9-10-22-2)23-16(13-24-3)15-8-5-7-14(11-15)12-21/h2,4-11H,1,13H2,3H3/q+1/b10-9?,17-6-,23-16?. The van der Waals surface area contributed by atoms with Crippen LogP contribution >= 0.6 is 0 Å². The van der Waals surface area contributed by atoms with Crippen LogP contribution in [0.4, 0.5) is 8.78 Å². The molecule has 0 N–H and O–H groups in total. The highest BCUT2D eigenvalue weighted by Crippen LogP contribution is 2.28. The van der Waals surface area contributed by atoms with Gasteiger partial charge in [-0.3, -0.25) is 0 Å². The number of nitriles is 1. The number of allylic oxidation sites excluding steroid dienone is 3. The van der Waals surface area contributed by atoms with Crippen LogP contribution in [-0.2, 0) is 4.74 Å². The quantitative estimate of drug-likeness (QED) is 0.557. The molecule has 0 aliphatic carbocycles. The van der Waals surface area contributed by atoms with Crippen LogP contribution in [0.2, 0.25) is 0 Å². The number of halogens is 2. The highest BCUT2D eigenvalue weighted by atomic mass is 19.3. The van der Waals surface area contributed by atoms with Crippen LogP contribution in [0.1, 0.15) is 11.1 Å². The van der Waals surface area contributed by atoms with Gasteiger partial charge in [0.15, 0.2) is 0 Å². The van der Waals surface area contributed by atoms with E-state index in [9.17, 15) is 8.78 Å². The van der Waals surface area contributed by atoms with Crippen LogP contribution in [0.15, 0.2) is 66.0 Å². The number of ether oxygens (including phenoxy) is 1. The number of alkyl halides is 2. The second-order valence-electron chi connectivity index (χ2n) is 4.56. The lowest BCUT2D eigenvalue weighted by Crippen LogP contribution is -2.18. The summed E-state index contributed by atoms with van der Waals surface area (Å²) >= 11 is 0. The first kappa shape index (κ1) is 19.0. The number of aliphatic imine (C=N–C) groups is 1. The number of benzene rings is 1. The average Bonchev–Trinajstić information content (AvgIpc) is 2.59. The van der Waals surface area contributed by atoms with Crippen LogP contribution in [0.5, 0.6) is 0 Å². The van der Waals surface area contributed by atoms with Gasteiger partial charge in [0, 0.05) is 7.11 Å². The highest BCUT2D eigenvalue weighted by molar-refractivity contribution is 6.02. The van der Waals surface area contributed by atoms with E-state index in [2.05, 4.69) is 16.4 Å². The van der Waals surface area contributed by atoms with Crippen molar-refractivity contribution in [3.8, 4) is 12.6 Å². The van der Waals surface area contributed by atoms with Crippen LogP contribution in [-0.4, -0.2) is 25.4 Å². The molecular formula is C18H16F2N3O+. The van der Waals surface area contributed by atoms with Gasteiger partial charge < -0.3 is 4.74 Å². The van der Waals surface area contributed by atoms with Gasteiger partial charge >= 0.3 is 12.1 Å². The van der Waals surface area contributed by atoms with Crippen molar-refractivity contribution >= 4 is 5.71 Å². The predicted molar refractivity (Wildman–Crippen MR) is 90.2 cm³/mol. The summed E-state index contributed by atoms with van der Waals surface area (Å²) in [7, 11) is 1.42. The van der Waals surface area contributed by atoms with E-state index >= 15 is 0 Å². The molecule has 0 bridgehead atoms. The molecule has 0 radical (unpaired) electrons. The molecule has 0 unspecified atom stereocenters. The zero-order chi connectivity index (χ0) is 18.0. The molecule has 0 aromatic heterocycles. The number of hydrogen-bond donors (Lipinski definition) is 0. The zero-order valence-corrected chi connectivity index (χ0v) is 13.1. The SMILES string of the molecule is C#[N+]C=CC(F)(F)/C(=C/C=C)N=C(COC)c1cccc(C#N)c1. The summed E-state index contributed by atoms with van der Waals surface area (Å²) in [4.78, 5) is 7.05. The predicted octanol–water partition coefficient (Wildman–Crippen LogP) is 4.18. The fraction of sp³-hybridized carbons (Fsp3) is 0.167. The molecule has 0 saturated carbocycles. The molecule has 24 heavy (non-hydrogen) atoms. The maximum Gasteiger partial charge on any atom is 0.315 e. The Morgan fingerprint density at radius 2 is 2.29 bits per heavy atom. The van der Waals surface area contributed by atoms with Crippen LogP contribution < -0.4 is 0 Å². The summed E-state index contributed by atoms with van der Waals surface area (Å²) in [5.41, 5.74) is 0.598. The normalized spacial score (nSPS) is 12.7. The van der Waals surface area contributed by atoms with Gasteiger partial charge in [0.2, 0.25) is 0 Å². The van der Waals surface area contributed by atoms with Crippen molar-refractivity contribution in [3.63, 3.8) is 0 Å². The van der Waals surface area contributed by atoms with Crippen LogP contribution in [0.25, 0.3) is 4.85 Å². The van der Waals surface area contributed by atoms with Crippen molar-refractivity contribution in [2.24, 2.45) is 4.99 Å². The van der Waals surface area contributed by atoms with Crippen molar-refractivity contribution in [1.82, 2.24) is 0 Å². The van der Waals surface area contributed by atoms with Crippen molar-refractivity contribution in [1.29, 1.82) is 5.26 Å². The second kappa shape index (κ2) is 9.14. The minimum atomic E-state index is -3.40. The molecule has 0 amide bonds. The van der Waals surface area contributed by atoms with Crippen molar-refractivity contribution in [2.75, 3.05) is 13.7 Å². The summed E-state index contributed by atoms with van der Waals surface area (Å²) in [6.45, 7) is 8.27. The maximum absolute atomic E-state index is 14.2. The smallest absolute Gasteiger partial charge is 0.315 e. The van der Waals surface area contributed by atoms with Gasteiger partial charge in [-0.25, -0.2) is 4.99 Å². The van der Waals surface area contributed by atoms with Crippen molar-refractivity contribution in [3.05, 3.63) is 76.9 Å². The van der Waals surface area contributed by atoms with Crippen molar-refractivity contribution in [2.45, 2.75) is 5.92 Å². The van der Waals surface area contributed by atoms with E-state index in [0.29, 0.717) is 17.2 Å². The number of methoxy groups -OCH3 is 1. The lowest BCUT2D eigenvalue weighted by molar-refractivity contribution is 0.0956. The lowest BCUT2D eigenvalue weighted by atomic mass is 10.1. The summed E-state index contributed by atoms with van der Waals surface area (Å²) in [5, 5.41) is 8.97. The molecule has 0 atom stereocenters. The first-order chi connectivity index (χ1) is 11.5. The van der Waals surface area contributed by atoms with Crippen LogP contribution in [0.3, 0.4) is 0 Å². The molecule has 0 spiro atoms. The Morgan fingerprint density at radius 1 is 1.54 bits per heavy atom. The first-order valence-electron chi connectivity index (χ1n) is 6.84. The van der Waals surface area contributed by atoms with Crippen LogP contribution in [0, 0.1) is 17.9 Å². The Hall–Kier alpha value is -3.09. The van der Waals surface area contributed by atoms with E-state index in [0.717, 1.165) is 12.3 Å². The third-order valence-corrected chi connectivity index (χ3v) is 2.85. The Kier molecular flexibility index (Phi) is 7.22. The fourth-order valence-corrected chi connectivity index (χ4v) is 1.79. The van der Waals surface area contributed by atoms with E-state index in [1.54, 1.807) is 24.3 Å². The molecule has 122 valence electrons. The van der Waals surface area contributed by atoms with E-state index in [1.165, 1.54) is 13.2 Å². The molecule has 0 aliphatic rings. The Morgan fingerprint density at radius 3 is 2.88 bits per heavy atom. The highest BCUT2D eigenvalue weighted by Gasteiger charge is 2.32. The Labute approximate surface area is 139 Å². The first-order valence-corrected chi connectivity index (χ1v) is 6.84. The third kappa shape index (κ3) is 5.28. The van der Waals surface area contributed by atoms with Gasteiger partial charge in [0.25, 0.3) is 6.57 Å². The minimum Gasteiger partial charge on any atom is -0.378 e. The lowest BCUT2D eigenvalue weighted by Gasteiger charge is -2.13. The topological polar surface area (TPSA) is 49.7 Å². The summed E-state index contributed by atoms with van der Waals surface area (Å²) < 4.78 is 33.4. The Bertz CT molecular complexity index is 765. The third-order valence-electron chi connectivity index (χ3n) is 2.85. The van der Waals surface area contributed by atoms with Gasteiger partial charge in [0.1, 0.15) is 5.70 Å². The molecule has 0 aliphatic heterocycles. The maximum atomic E-state index is 14.2. The van der Waals surface area contributed by atoms with E-state index in [4.69, 9.17) is 16.6 Å². The molecule has 0 fully saturated rings. The molecule has 1 rings (SSSR count). The molecule has 4 nitrogen and oxygen atoms in total. The van der Waals surface area contributed by atoms with E-state index in [1.807, 2.05) is 6.07 Å². The monoisotopic (exact) mass is 328 g/mol. The molecule has 1 aromatic rings. The van der Waals surface area contributed by atoms with E-state index in [-0.39, 0.29) is 12.3 Å². The van der Waals surface area contributed by atoms with E-state index < -0.39 is 11.6 Å². The van der Waals surface area contributed by atoms with Gasteiger partial charge in [0.05, 0.1) is 30.0 Å². The zero-order valence-electron chi connectivity index (χ0n) is 13.1. The Balaban J connectivity index is 3.41. The molecular weight excluding hydrogens is 312 g/mol. The summed E-state index contributed by atoms with van der Waals surface area (Å²) in [6.07, 6.45) is 3.61. The summed E-state index contributed by atoms with van der Waals surface area (Å²) in [5.74, 6) is -3.40. The van der Waals surface area contributed by atoms with Gasteiger partial charge in [-0.05, 0) is 28.6 Å². The number of nitrogens with zero attached hydrogens (tertiary/aromatic N) is 3. The second-order valence-corrected chi connectivity index (χ2v) is 4.56. The van der Waals surface area contributed by atoms with Gasteiger partial charge in [-0.2, -0.15) is 14.0 Å². The summed E-state index contributed by atoms with van der Waals surface area (Å²) in [6, 6.07) is 8.44. The van der Waals surface area contributed by atoms with Crippen molar-refractivity contribution < 1.29 is 13.5 Å². The van der Waals surface area contributed by atoms with Gasteiger partial charge in [-0.1, -0.05) is 24.8 Å². The number of rotatable bonds is 7.